The molecule has 0 saturated carbocycles. The van der Waals surface area contributed by atoms with Gasteiger partial charge in [0.1, 0.15) is 5.01 Å². The monoisotopic (exact) mass is 301 g/mol. The second-order valence-electron chi connectivity index (χ2n) is 5.29. The molecule has 0 radical (unpaired) electrons. The summed E-state index contributed by atoms with van der Waals surface area (Å²) in [7, 11) is 0. The SMILES string of the molecule is Cc1nn2c(CN3CC(C)C(N)C3)c(C)nc2s1.Cl. The Kier molecular flexibility index (Phi) is 4.15. The normalized spacial score (nSPS) is 24.0. The molecule has 1 aliphatic heterocycles. The highest BCUT2D eigenvalue weighted by Crippen LogP contribution is 2.22. The molecule has 2 atom stereocenters. The van der Waals surface area contributed by atoms with Crippen LogP contribution in [-0.2, 0) is 6.54 Å². The van der Waals surface area contributed by atoms with Crippen LogP contribution < -0.4 is 5.73 Å². The highest BCUT2D eigenvalue weighted by molar-refractivity contribution is 7.16. The lowest BCUT2D eigenvalue weighted by Crippen LogP contribution is -2.28. The van der Waals surface area contributed by atoms with Crippen LogP contribution in [0.1, 0.15) is 23.3 Å². The molecule has 7 heteroatoms. The number of aryl methyl sites for hydroxylation is 2. The van der Waals surface area contributed by atoms with Crippen LogP contribution in [0.3, 0.4) is 0 Å². The fraction of sp³-hybridized carbons (Fsp3) is 0.667. The summed E-state index contributed by atoms with van der Waals surface area (Å²) in [5.41, 5.74) is 8.36. The zero-order chi connectivity index (χ0) is 12.9. The fourth-order valence-electron chi connectivity index (χ4n) is 2.60. The number of hydrogen-bond donors (Lipinski definition) is 1. The summed E-state index contributed by atoms with van der Waals surface area (Å²) in [5.74, 6) is 0.575. The van der Waals surface area contributed by atoms with Crippen molar-refractivity contribution in [2.75, 3.05) is 13.1 Å². The van der Waals surface area contributed by atoms with E-state index in [1.165, 1.54) is 5.69 Å². The van der Waals surface area contributed by atoms with Crippen molar-refractivity contribution < 1.29 is 0 Å². The summed E-state index contributed by atoms with van der Waals surface area (Å²) in [4.78, 5) is 7.98. The molecular formula is C12H20ClN5S. The molecule has 2 unspecified atom stereocenters. The first-order valence-corrected chi connectivity index (χ1v) is 7.16. The molecule has 0 spiro atoms. The largest absolute Gasteiger partial charge is 0.326 e. The average molecular weight is 302 g/mol. The van der Waals surface area contributed by atoms with Gasteiger partial charge in [0.25, 0.3) is 0 Å². The van der Waals surface area contributed by atoms with Gasteiger partial charge < -0.3 is 5.73 Å². The van der Waals surface area contributed by atoms with Gasteiger partial charge in [-0.15, -0.1) is 12.4 Å². The number of aromatic nitrogens is 3. The van der Waals surface area contributed by atoms with E-state index in [9.17, 15) is 0 Å². The molecular weight excluding hydrogens is 282 g/mol. The van der Waals surface area contributed by atoms with Gasteiger partial charge in [-0.05, 0) is 19.8 Å². The third-order valence-corrected chi connectivity index (χ3v) is 4.54. The van der Waals surface area contributed by atoms with Gasteiger partial charge in [-0.1, -0.05) is 18.3 Å². The van der Waals surface area contributed by atoms with Crippen LogP contribution in [0.25, 0.3) is 4.96 Å². The van der Waals surface area contributed by atoms with Crippen molar-refractivity contribution in [3.8, 4) is 0 Å². The molecule has 5 nitrogen and oxygen atoms in total. The van der Waals surface area contributed by atoms with E-state index in [2.05, 4.69) is 28.8 Å². The molecule has 1 saturated heterocycles. The minimum Gasteiger partial charge on any atom is -0.326 e. The standard InChI is InChI=1S/C12H19N5S.ClH/c1-7-4-16(5-10(7)13)6-11-8(2)14-12-17(11)15-9(3)18-12;/h7,10H,4-6,13H2,1-3H3;1H. The molecule has 0 aliphatic carbocycles. The minimum absolute atomic E-state index is 0. The van der Waals surface area contributed by atoms with Crippen molar-refractivity contribution in [2.45, 2.75) is 33.4 Å². The van der Waals surface area contributed by atoms with Gasteiger partial charge in [0.05, 0.1) is 11.4 Å². The van der Waals surface area contributed by atoms with Gasteiger partial charge in [-0.25, -0.2) is 9.50 Å². The second kappa shape index (κ2) is 5.36. The van der Waals surface area contributed by atoms with E-state index in [-0.39, 0.29) is 12.4 Å². The number of likely N-dealkylation sites (tertiary alicyclic amines) is 1. The predicted molar refractivity (Wildman–Crippen MR) is 80.0 cm³/mol. The first kappa shape index (κ1) is 14.7. The number of fused-ring (bicyclic) bond motifs is 1. The maximum absolute atomic E-state index is 6.07. The number of imidazole rings is 1. The number of nitrogens with two attached hydrogens (primary N) is 1. The van der Waals surface area contributed by atoms with Crippen molar-refractivity contribution in [3.63, 3.8) is 0 Å². The third-order valence-electron chi connectivity index (χ3n) is 3.72. The van der Waals surface area contributed by atoms with E-state index in [1.807, 2.05) is 11.4 Å². The lowest BCUT2D eigenvalue weighted by molar-refractivity contribution is 0.312. The van der Waals surface area contributed by atoms with Crippen molar-refractivity contribution in [2.24, 2.45) is 11.7 Å². The molecule has 0 amide bonds. The average Bonchev–Trinajstić information content (AvgIpc) is 2.87. The fourth-order valence-corrected chi connectivity index (χ4v) is 3.41. The Morgan fingerprint density at radius 3 is 2.74 bits per heavy atom. The first-order valence-electron chi connectivity index (χ1n) is 6.34. The van der Waals surface area contributed by atoms with Crippen molar-refractivity contribution in [1.29, 1.82) is 0 Å². The Morgan fingerprint density at radius 1 is 1.37 bits per heavy atom. The molecule has 2 N–H and O–H groups in total. The van der Waals surface area contributed by atoms with E-state index in [1.54, 1.807) is 11.3 Å². The minimum atomic E-state index is 0. The summed E-state index contributed by atoms with van der Waals surface area (Å²) in [6.07, 6.45) is 0. The van der Waals surface area contributed by atoms with Crippen molar-refractivity contribution in [1.82, 2.24) is 19.5 Å². The van der Waals surface area contributed by atoms with Gasteiger partial charge in [0, 0.05) is 25.7 Å². The highest BCUT2D eigenvalue weighted by Gasteiger charge is 2.27. The van der Waals surface area contributed by atoms with Crippen LogP contribution in [0.5, 0.6) is 0 Å². The van der Waals surface area contributed by atoms with E-state index >= 15 is 0 Å². The Morgan fingerprint density at radius 2 is 2.11 bits per heavy atom. The van der Waals surface area contributed by atoms with Crippen LogP contribution in [0.15, 0.2) is 0 Å². The van der Waals surface area contributed by atoms with Crippen molar-refractivity contribution >= 4 is 28.7 Å². The summed E-state index contributed by atoms with van der Waals surface area (Å²) in [6, 6.07) is 0.297. The van der Waals surface area contributed by atoms with Gasteiger partial charge in [-0.2, -0.15) is 5.10 Å². The molecule has 106 valence electrons. The van der Waals surface area contributed by atoms with Crippen LogP contribution in [0, 0.1) is 19.8 Å². The molecule has 3 rings (SSSR count). The van der Waals surface area contributed by atoms with E-state index < -0.39 is 0 Å². The summed E-state index contributed by atoms with van der Waals surface area (Å²) >= 11 is 1.64. The zero-order valence-corrected chi connectivity index (χ0v) is 13.1. The van der Waals surface area contributed by atoms with Crippen LogP contribution in [0.4, 0.5) is 0 Å². The van der Waals surface area contributed by atoms with Gasteiger partial charge in [-0.3, -0.25) is 4.90 Å². The summed E-state index contributed by atoms with van der Waals surface area (Å²) in [5, 5.41) is 5.59. The quantitative estimate of drug-likeness (QED) is 0.915. The highest BCUT2D eigenvalue weighted by atomic mass is 35.5. The third kappa shape index (κ3) is 2.63. The zero-order valence-electron chi connectivity index (χ0n) is 11.5. The molecule has 19 heavy (non-hydrogen) atoms. The lowest BCUT2D eigenvalue weighted by Gasteiger charge is -2.14. The van der Waals surface area contributed by atoms with Gasteiger partial charge in [0.2, 0.25) is 4.96 Å². The van der Waals surface area contributed by atoms with Crippen LogP contribution in [0.2, 0.25) is 0 Å². The second-order valence-corrected chi connectivity index (χ2v) is 6.45. The molecule has 1 fully saturated rings. The Hall–Kier alpha value is -0.690. The topological polar surface area (TPSA) is 59.5 Å². The van der Waals surface area contributed by atoms with Gasteiger partial charge in [0.15, 0.2) is 0 Å². The van der Waals surface area contributed by atoms with Crippen molar-refractivity contribution in [3.05, 3.63) is 16.4 Å². The predicted octanol–water partition coefficient (Wildman–Crippen LogP) is 1.61. The number of nitrogens with zero attached hydrogens (tertiary/aromatic N) is 4. The molecule has 0 bridgehead atoms. The number of hydrogen-bond acceptors (Lipinski definition) is 5. The van der Waals surface area contributed by atoms with Crippen LogP contribution in [-0.4, -0.2) is 38.6 Å². The van der Waals surface area contributed by atoms with E-state index in [4.69, 9.17) is 5.73 Å². The molecule has 3 heterocycles. The maximum Gasteiger partial charge on any atom is 0.212 e. The van der Waals surface area contributed by atoms with E-state index in [0.29, 0.717) is 12.0 Å². The molecule has 1 aliphatic rings. The number of halogens is 1. The Bertz CT molecular complexity index is 568. The maximum atomic E-state index is 6.07. The van der Waals surface area contributed by atoms with Crippen LogP contribution >= 0.6 is 23.7 Å². The Balaban J connectivity index is 0.00000133. The van der Waals surface area contributed by atoms with E-state index in [0.717, 1.165) is 35.3 Å². The molecule has 0 aromatic carbocycles. The number of rotatable bonds is 2. The molecule has 2 aromatic heterocycles. The molecule has 2 aromatic rings. The van der Waals surface area contributed by atoms with Gasteiger partial charge >= 0.3 is 0 Å². The summed E-state index contributed by atoms with van der Waals surface area (Å²) in [6.45, 7) is 9.23. The first-order chi connectivity index (χ1) is 8.54. The summed E-state index contributed by atoms with van der Waals surface area (Å²) < 4.78 is 1.99. The smallest absolute Gasteiger partial charge is 0.212 e. The lowest BCUT2D eigenvalue weighted by atomic mass is 10.1. The Labute approximate surface area is 123 Å².